The zero-order chi connectivity index (χ0) is 70.7. The molecule has 4 aliphatic heterocycles. The lowest BCUT2D eigenvalue weighted by atomic mass is 10.0. The van der Waals surface area contributed by atoms with Crippen molar-refractivity contribution in [2.45, 2.75) is 58.5 Å². The van der Waals surface area contributed by atoms with Crippen LogP contribution < -0.4 is 29.2 Å². The molecule has 0 radical (unpaired) electrons. The second kappa shape index (κ2) is 31.2. The molecule has 2 fully saturated rings. The first kappa shape index (κ1) is 67.4. The minimum absolute atomic E-state index is 0.0279. The van der Waals surface area contributed by atoms with Crippen LogP contribution in [0.2, 0.25) is 0 Å². The normalized spacial score (nSPS) is 13.8. The highest BCUT2D eigenvalue weighted by Gasteiger charge is 2.30. The van der Waals surface area contributed by atoms with Crippen LogP contribution in [0, 0.1) is 13.8 Å². The number of pyridine rings is 1. The zero-order valence-electron chi connectivity index (χ0n) is 58.3. The number of amides is 3. The van der Waals surface area contributed by atoms with Gasteiger partial charge in [-0.1, -0.05) is 133 Å². The molecule has 3 amide bonds. The van der Waals surface area contributed by atoms with Gasteiger partial charge in [-0.05, 0) is 170 Å². The van der Waals surface area contributed by atoms with E-state index in [0.29, 0.717) is 74.9 Å². The van der Waals surface area contributed by atoms with Gasteiger partial charge in [-0.2, -0.15) is 10.2 Å². The molecule has 0 spiro atoms. The summed E-state index contributed by atoms with van der Waals surface area (Å²) in [5, 5.41) is 14.2. The topological polar surface area (TPSA) is 179 Å². The second-order valence-electron chi connectivity index (χ2n) is 26.5. The van der Waals surface area contributed by atoms with Gasteiger partial charge in [0.25, 0.3) is 11.8 Å². The minimum Gasteiger partial charge on any atom is -0.454 e. The van der Waals surface area contributed by atoms with Crippen molar-refractivity contribution in [1.82, 2.24) is 49.2 Å². The lowest BCUT2D eigenvalue weighted by molar-refractivity contribution is -0.121. The third-order valence-electron chi connectivity index (χ3n) is 19.7. The summed E-state index contributed by atoms with van der Waals surface area (Å²) in [5.41, 5.74) is 18.8. The molecule has 5 aromatic heterocycles. The van der Waals surface area contributed by atoms with Crippen LogP contribution in [-0.4, -0.2) is 121 Å². The van der Waals surface area contributed by atoms with Crippen LogP contribution in [0.5, 0.6) is 23.0 Å². The van der Waals surface area contributed by atoms with Crippen molar-refractivity contribution in [2.75, 3.05) is 64.3 Å². The molecule has 0 bridgehead atoms. The maximum atomic E-state index is 13.7. The van der Waals surface area contributed by atoms with Crippen LogP contribution in [-0.2, 0) is 24.2 Å². The van der Waals surface area contributed by atoms with Crippen LogP contribution in [0.1, 0.15) is 74.0 Å². The summed E-state index contributed by atoms with van der Waals surface area (Å²) in [6, 6.07) is 75.5. The fourth-order valence-corrected chi connectivity index (χ4v) is 14.0. The second-order valence-corrected chi connectivity index (χ2v) is 26.5. The number of piperazine rings is 1. The molecule has 0 saturated carbocycles. The molecule has 2 saturated heterocycles. The fourth-order valence-electron chi connectivity index (χ4n) is 14.0. The Bertz CT molecular complexity index is 5120. The maximum Gasteiger partial charge on any atom is 0.270 e. The van der Waals surface area contributed by atoms with E-state index in [1.807, 2.05) is 136 Å². The number of anilines is 1. The van der Waals surface area contributed by atoms with Crippen molar-refractivity contribution in [2.24, 2.45) is 0 Å². The van der Waals surface area contributed by atoms with Crippen LogP contribution >= 0.6 is 0 Å². The van der Waals surface area contributed by atoms with Gasteiger partial charge in [-0.3, -0.25) is 24.0 Å². The van der Waals surface area contributed by atoms with Crippen LogP contribution in [0.4, 0.5) is 5.69 Å². The number of nitrogens with zero attached hydrogens (tertiary/aromatic N) is 9. The number of likely N-dealkylation sites (tertiary alicyclic amines) is 1. The lowest BCUT2D eigenvalue weighted by Gasteiger charge is -2.36. The number of carbonyl (C=O) groups excluding carboxylic acids is 3. The first-order valence-corrected chi connectivity index (χ1v) is 35.6. The van der Waals surface area contributed by atoms with Crippen molar-refractivity contribution in [3.05, 3.63) is 295 Å². The van der Waals surface area contributed by atoms with E-state index in [9.17, 15) is 14.4 Å². The van der Waals surface area contributed by atoms with E-state index in [0.717, 1.165) is 105 Å². The number of nitrogens with one attached hydrogen (secondary N) is 2. The summed E-state index contributed by atoms with van der Waals surface area (Å²) in [6.07, 6.45) is 13.2. The predicted molar refractivity (Wildman–Crippen MR) is 406 cm³/mol. The Morgan fingerprint density at radius 3 is 1.88 bits per heavy atom. The number of aromatic amines is 1. The fraction of sp³-hybridized carbons (Fsp3) is 0.209. The number of H-pyrrole nitrogens is 1. The van der Waals surface area contributed by atoms with Gasteiger partial charge in [-0.15, -0.1) is 0 Å². The predicted octanol–water partition coefficient (Wildman–Crippen LogP) is 15.6. The number of piperidine rings is 1. The standard InChI is InChI=1S/C30H28N4O3.C28H28N4O.C28H25N3O3/c1-20-7-10-26-25(15-20)22(17-32-26)13-14-31-29(35)12-9-23-18-34(24-5-3-2-4-6-24)33-30(23)21-8-11-27-28(16-21)37-19-36-27;1-22-7-5-6-8-24(22)20-32-21-25(23-11-13-29-14-12-23)19-27(32)28(33)31-17-15-30(16-18-31)26-9-3-2-4-10-26;32-28(22-11-12-26-27(17-22)34-19-33-26)30-15-13-23(14-16-30)31-25(21-9-5-2-6-10-21)18-24(29-31)20-7-3-1-4-8-20/h2-8,10-11,15-18,32H,9,12-14,19H2,1H3,(H,31,35);2-14,19,21H,15-18,20H2,1H3;1-12,17-18,23H,13-16,19H2. The molecular formula is C86H81N11O7. The zero-order valence-corrected chi connectivity index (χ0v) is 58.3. The number of aryl methyl sites for hydroxylation is 3. The molecule has 0 aliphatic carbocycles. The highest BCUT2D eigenvalue weighted by Crippen LogP contribution is 2.39. The largest absolute Gasteiger partial charge is 0.454 e. The van der Waals surface area contributed by atoms with Crippen molar-refractivity contribution in [3.8, 4) is 73.6 Å². The molecule has 0 unspecified atom stereocenters. The number of ether oxygens (including phenoxy) is 4. The Hall–Kier alpha value is -12.4. The number of hydrogen-bond acceptors (Lipinski definition) is 11. The van der Waals surface area contributed by atoms with Gasteiger partial charge in [-0.25, -0.2) is 4.68 Å². The quantitative estimate of drug-likeness (QED) is 0.0886. The molecule has 0 atom stereocenters. The summed E-state index contributed by atoms with van der Waals surface area (Å²) in [4.78, 5) is 53.3. The number of rotatable bonds is 17. The molecule has 4 aliphatic rings. The highest BCUT2D eigenvalue weighted by molar-refractivity contribution is 5.96. The third-order valence-corrected chi connectivity index (χ3v) is 19.7. The van der Waals surface area contributed by atoms with Crippen molar-refractivity contribution < 1.29 is 33.3 Å². The van der Waals surface area contributed by atoms with E-state index in [1.165, 1.54) is 33.3 Å². The van der Waals surface area contributed by atoms with Crippen molar-refractivity contribution in [3.63, 3.8) is 0 Å². The maximum absolute atomic E-state index is 13.7. The SMILES string of the molecule is Cc1ccc2[nH]cc(CCNC(=O)CCc3cn(-c4ccccc4)nc3-c3ccc4c(c3)OCO4)c2c1.Cc1ccccc1Cn1cc(-c2ccncc2)cc1C(=O)N1CCN(c2ccccc2)CC1.O=C(c1ccc2c(c1)OCO2)N1CCC(n2nc(-c3ccccc3)cc2-c2ccccc2)CC1. The van der Waals surface area contributed by atoms with E-state index >= 15 is 0 Å². The molecule has 17 rings (SSSR count). The first-order valence-electron chi connectivity index (χ1n) is 35.6. The highest BCUT2D eigenvalue weighted by atomic mass is 16.7. The molecular weight excluding hydrogens is 1300 g/mol. The summed E-state index contributed by atoms with van der Waals surface area (Å²) in [7, 11) is 0. The average molecular weight is 1380 g/mol. The van der Waals surface area contributed by atoms with E-state index in [-0.39, 0.29) is 37.3 Å². The Morgan fingerprint density at radius 2 is 1.16 bits per heavy atom. The Kier molecular flexibility index (Phi) is 20.2. The number of fused-ring (bicyclic) bond motifs is 3. The van der Waals surface area contributed by atoms with Crippen LogP contribution in [0.3, 0.4) is 0 Å². The number of aromatic nitrogens is 7. The molecule has 2 N–H and O–H groups in total. The van der Waals surface area contributed by atoms with Gasteiger partial charge in [0, 0.05) is 129 Å². The smallest absolute Gasteiger partial charge is 0.270 e. The Labute approximate surface area is 604 Å². The van der Waals surface area contributed by atoms with Gasteiger partial charge >= 0.3 is 0 Å². The molecule has 9 heterocycles. The summed E-state index contributed by atoms with van der Waals surface area (Å²) in [6.45, 7) is 10.4. The van der Waals surface area contributed by atoms with Gasteiger partial charge in [0.2, 0.25) is 19.5 Å². The number of carbonyl (C=O) groups is 3. The Morgan fingerprint density at radius 1 is 0.519 bits per heavy atom. The number of para-hydroxylation sites is 2. The number of benzene rings is 8. The van der Waals surface area contributed by atoms with Crippen molar-refractivity contribution in [1.29, 1.82) is 0 Å². The summed E-state index contributed by atoms with van der Waals surface area (Å²) >= 11 is 0. The van der Waals surface area contributed by atoms with Crippen molar-refractivity contribution >= 4 is 34.3 Å². The van der Waals surface area contributed by atoms with Gasteiger partial charge in [0.05, 0.1) is 28.8 Å². The monoisotopic (exact) mass is 1380 g/mol. The van der Waals surface area contributed by atoms with Crippen LogP contribution in [0.25, 0.3) is 61.5 Å². The average Bonchev–Trinajstić information content (AvgIpc) is 1.66. The number of hydrogen-bond donors (Lipinski definition) is 2. The van der Waals surface area contributed by atoms with Gasteiger partial charge in [0.15, 0.2) is 23.0 Å². The van der Waals surface area contributed by atoms with Gasteiger partial charge in [0.1, 0.15) is 5.69 Å². The molecule has 522 valence electrons. The van der Waals surface area contributed by atoms with Gasteiger partial charge < -0.3 is 48.5 Å². The molecule has 8 aromatic carbocycles. The molecule has 18 nitrogen and oxygen atoms in total. The molecule has 104 heavy (non-hydrogen) atoms. The van der Waals surface area contributed by atoms with Crippen LogP contribution in [0.15, 0.2) is 255 Å². The lowest BCUT2D eigenvalue weighted by Crippen LogP contribution is -2.49. The summed E-state index contributed by atoms with van der Waals surface area (Å²) < 4.78 is 28.0. The Balaban J connectivity index is 0.000000126. The third kappa shape index (κ3) is 15.4. The van der Waals surface area contributed by atoms with E-state index in [2.05, 4.69) is 159 Å². The molecule has 18 heteroatoms. The van der Waals surface area contributed by atoms with E-state index < -0.39 is 0 Å². The molecule has 13 aromatic rings. The summed E-state index contributed by atoms with van der Waals surface area (Å²) in [5.74, 6) is 2.93. The minimum atomic E-state index is 0.0279. The van der Waals surface area contributed by atoms with E-state index in [4.69, 9.17) is 29.1 Å². The van der Waals surface area contributed by atoms with E-state index in [1.54, 1.807) is 18.5 Å². The first-order chi connectivity index (χ1) is 51.1.